The van der Waals surface area contributed by atoms with E-state index >= 15 is 0 Å². The molecule has 160 valence electrons. The van der Waals surface area contributed by atoms with Gasteiger partial charge in [0, 0.05) is 46.9 Å². The first kappa shape index (κ1) is 20.0. The number of aromatic amines is 2. The van der Waals surface area contributed by atoms with Gasteiger partial charge in [-0.15, -0.1) is 11.3 Å². The molecule has 1 aliphatic carbocycles. The third kappa shape index (κ3) is 3.77. The van der Waals surface area contributed by atoms with E-state index in [1.165, 1.54) is 11.3 Å². The highest BCUT2D eigenvalue weighted by molar-refractivity contribution is 7.09. The number of aromatic nitrogens is 3. The molecule has 8 heteroatoms. The van der Waals surface area contributed by atoms with Gasteiger partial charge in [-0.05, 0) is 37.1 Å². The SMILES string of the molecule is COCCN(C(=O)c1ccc2[nH]c(-c3nc4cscc4[nH]c3=O)cc2c1)C1CCCC1. The van der Waals surface area contributed by atoms with Gasteiger partial charge in [-0.2, -0.15) is 0 Å². The molecule has 1 saturated carbocycles. The first-order chi connectivity index (χ1) is 15.1. The normalized spacial score (nSPS) is 14.6. The van der Waals surface area contributed by atoms with Crippen molar-refractivity contribution in [2.45, 2.75) is 31.7 Å². The molecule has 1 amide bonds. The zero-order valence-corrected chi connectivity index (χ0v) is 18.1. The van der Waals surface area contributed by atoms with Crippen LogP contribution in [0.2, 0.25) is 0 Å². The maximum absolute atomic E-state index is 13.3. The number of carbonyl (C=O) groups excluding carboxylic acids is 1. The van der Waals surface area contributed by atoms with E-state index in [0.717, 1.165) is 47.6 Å². The molecule has 7 nitrogen and oxygen atoms in total. The van der Waals surface area contributed by atoms with Crippen LogP contribution in [0.25, 0.3) is 33.3 Å². The standard InChI is InChI=1S/C23H24N4O3S/c1-30-9-8-27(16-4-2-3-5-16)23(29)14-6-7-17-15(10-14)11-18(24-17)21-22(28)26-20-13-31-12-19(20)25-21/h6-7,10-13,16,24H,2-5,8-9H2,1H3,(H,26,28). The van der Waals surface area contributed by atoms with E-state index in [0.29, 0.717) is 30.1 Å². The largest absolute Gasteiger partial charge is 0.383 e. The fourth-order valence-corrected chi connectivity index (χ4v) is 5.11. The topological polar surface area (TPSA) is 91.1 Å². The summed E-state index contributed by atoms with van der Waals surface area (Å²) >= 11 is 1.50. The van der Waals surface area contributed by atoms with Crippen molar-refractivity contribution in [2.75, 3.05) is 20.3 Å². The van der Waals surface area contributed by atoms with Gasteiger partial charge in [-0.25, -0.2) is 4.98 Å². The number of carbonyl (C=O) groups is 1. The van der Waals surface area contributed by atoms with Gasteiger partial charge in [0.25, 0.3) is 11.5 Å². The Kier molecular flexibility index (Phi) is 5.33. The minimum absolute atomic E-state index is 0.0317. The van der Waals surface area contributed by atoms with E-state index in [1.807, 2.05) is 39.9 Å². The minimum Gasteiger partial charge on any atom is -0.383 e. The van der Waals surface area contributed by atoms with E-state index < -0.39 is 0 Å². The number of nitrogens with zero attached hydrogens (tertiary/aromatic N) is 2. The van der Waals surface area contributed by atoms with E-state index in [9.17, 15) is 9.59 Å². The van der Waals surface area contributed by atoms with Crippen LogP contribution in [0.4, 0.5) is 0 Å². The van der Waals surface area contributed by atoms with Crippen LogP contribution in [0.3, 0.4) is 0 Å². The number of benzene rings is 1. The quantitative estimate of drug-likeness (QED) is 0.475. The Morgan fingerprint density at radius 3 is 2.84 bits per heavy atom. The summed E-state index contributed by atoms with van der Waals surface area (Å²) in [4.78, 5) is 38.5. The van der Waals surface area contributed by atoms with Crippen LogP contribution in [0, 0.1) is 0 Å². The molecule has 1 aromatic carbocycles. The Labute approximate surface area is 183 Å². The van der Waals surface area contributed by atoms with E-state index in [4.69, 9.17) is 4.74 Å². The molecule has 3 aromatic heterocycles. The lowest BCUT2D eigenvalue weighted by Gasteiger charge is -2.29. The average Bonchev–Trinajstić information content (AvgIpc) is 3.52. The summed E-state index contributed by atoms with van der Waals surface area (Å²) < 4.78 is 5.24. The predicted molar refractivity (Wildman–Crippen MR) is 123 cm³/mol. The second kappa shape index (κ2) is 8.28. The maximum atomic E-state index is 13.3. The summed E-state index contributed by atoms with van der Waals surface area (Å²) in [7, 11) is 1.66. The lowest BCUT2D eigenvalue weighted by atomic mass is 10.1. The summed E-state index contributed by atoms with van der Waals surface area (Å²) in [6.07, 6.45) is 4.42. The molecule has 0 unspecified atom stereocenters. The number of hydrogen-bond donors (Lipinski definition) is 2. The lowest BCUT2D eigenvalue weighted by Crippen LogP contribution is -2.41. The van der Waals surface area contributed by atoms with Crippen LogP contribution < -0.4 is 5.56 Å². The zero-order chi connectivity index (χ0) is 21.4. The highest BCUT2D eigenvalue weighted by Gasteiger charge is 2.27. The summed E-state index contributed by atoms with van der Waals surface area (Å²) in [6.45, 7) is 1.12. The molecule has 0 aliphatic heterocycles. The minimum atomic E-state index is -0.235. The Hall–Kier alpha value is -2.97. The number of thiophene rings is 1. The van der Waals surface area contributed by atoms with Crippen molar-refractivity contribution in [3.05, 3.63) is 50.9 Å². The highest BCUT2D eigenvalue weighted by Crippen LogP contribution is 2.27. The van der Waals surface area contributed by atoms with Crippen molar-refractivity contribution < 1.29 is 9.53 Å². The van der Waals surface area contributed by atoms with Gasteiger partial charge in [0.15, 0.2) is 5.69 Å². The second-order valence-corrected chi connectivity index (χ2v) is 8.74. The number of hydrogen-bond acceptors (Lipinski definition) is 5. The monoisotopic (exact) mass is 436 g/mol. The van der Waals surface area contributed by atoms with Gasteiger partial charge in [0.1, 0.15) is 0 Å². The van der Waals surface area contributed by atoms with Crippen molar-refractivity contribution in [1.82, 2.24) is 19.9 Å². The predicted octanol–water partition coefficient (Wildman–Crippen LogP) is 4.16. The molecule has 0 spiro atoms. The molecule has 31 heavy (non-hydrogen) atoms. The van der Waals surface area contributed by atoms with Crippen LogP contribution in [0.5, 0.6) is 0 Å². The summed E-state index contributed by atoms with van der Waals surface area (Å²) in [5, 5.41) is 4.66. The first-order valence-corrected chi connectivity index (χ1v) is 11.5. The molecule has 0 bridgehead atoms. The van der Waals surface area contributed by atoms with E-state index in [1.54, 1.807) is 7.11 Å². The number of ether oxygens (including phenoxy) is 1. The third-order valence-electron chi connectivity index (χ3n) is 6.02. The van der Waals surface area contributed by atoms with Gasteiger partial charge in [0.05, 0.1) is 23.3 Å². The number of H-pyrrole nitrogens is 2. The lowest BCUT2D eigenvalue weighted by molar-refractivity contribution is 0.0606. The summed E-state index contributed by atoms with van der Waals surface area (Å²) in [5.74, 6) is 0.0317. The van der Waals surface area contributed by atoms with Crippen molar-refractivity contribution in [3.8, 4) is 11.4 Å². The fraction of sp³-hybridized carbons (Fsp3) is 0.348. The average molecular weight is 437 g/mol. The van der Waals surface area contributed by atoms with Crippen LogP contribution in [0.1, 0.15) is 36.0 Å². The third-order valence-corrected chi connectivity index (χ3v) is 6.75. The number of nitrogens with one attached hydrogen (secondary N) is 2. The van der Waals surface area contributed by atoms with Gasteiger partial charge >= 0.3 is 0 Å². The first-order valence-electron chi connectivity index (χ1n) is 10.5. The second-order valence-electron chi connectivity index (χ2n) is 8.00. The summed E-state index contributed by atoms with van der Waals surface area (Å²) in [6, 6.07) is 7.80. The molecule has 3 heterocycles. The van der Waals surface area contributed by atoms with Crippen LogP contribution >= 0.6 is 11.3 Å². The molecule has 5 rings (SSSR count). The number of methoxy groups -OCH3 is 1. The Morgan fingerprint density at radius 1 is 1.19 bits per heavy atom. The van der Waals surface area contributed by atoms with Crippen LogP contribution in [-0.4, -0.2) is 52.1 Å². The van der Waals surface area contributed by atoms with Crippen LogP contribution in [0.15, 0.2) is 39.8 Å². The molecule has 2 N–H and O–H groups in total. The van der Waals surface area contributed by atoms with Gasteiger partial charge in [0.2, 0.25) is 0 Å². The summed E-state index contributed by atoms with van der Waals surface area (Å²) in [5.41, 5.74) is 3.77. The Balaban J connectivity index is 1.49. The molecule has 0 radical (unpaired) electrons. The van der Waals surface area contributed by atoms with Crippen molar-refractivity contribution >= 4 is 39.2 Å². The fourth-order valence-electron chi connectivity index (χ4n) is 4.42. The number of fused-ring (bicyclic) bond motifs is 2. The molecular formula is C23H24N4O3S. The Bertz CT molecular complexity index is 1300. The molecule has 4 aromatic rings. The zero-order valence-electron chi connectivity index (χ0n) is 17.3. The van der Waals surface area contributed by atoms with E-state index in [-0.39, 0.29) is 17.5 Å². The van der Waals surface area contributed by atoms with Crippen molar-refractivity contribution in [3.63, 3.8) is 0 Å². The smallest absolute Gasteiger partial charge is 0.276 e. The number of rotatable bonds is 6. The molecule has 0 atom stereocenters. The molecular weight excluding hydrogens is 412 g/mol. The van der Waals surface area contributed by atoms with Crippen molar-refractivity contribution in [1.29, 1.82) is 0 Å². The highest BCUT2D eigenvalue weighted by atomic mass is 32.1. The van der Waals surface area contributed by atoms with Crippen molar-refractivity contribution in [2.24, 2.45) is 0 Å². The van der Waals surface area contributed by atoms with E-state index in [2.05, 4.69) is 15.0 Å². The van der Waals surface area contributed by atoms with Gasteiger partial charge in [-0.3, -0.25) is 9.59 Å². The molecule has 0 saturated heterocycles. The van der Waals surface area contributed by atoms with Gasteiger partial charge < -0.3 is 19.6 Å². The van der Waals surface area contributed by atoms with Gasteiger partial charge in [-0.1, -0.05) is 12.8 Å². The van der Waals surface area contributed by atoms with Crippen LogP contribution in [-0.2, 0) is 4.74 Å². The molecule has 1 fully saturated rings. The molecule has 1 aliphatic rings. The Morgan fingerprint density at radius 2 is 2.03 bits per heavy atom. The number of amides is 1. The maximum Gasteiger partial charge on any atom is 0.276 e.